The summed E-state index contributed by atoms with van der Waals surface area (Å²) in [6.45, 7) is 7.84. The molecule has 32 heavy (non-hydrogen) atoms. The lowest BCUT2D eigenvalue weighted by Gasteiger charge is -2.26. The minimum Gasteiger partial charge on any atom is -0.444 e. The van der Waals surface area contributed by atoms with Crippen LogP contribution in [0, 0.1) is 0 Å². The molecule has 0 bridgehead atoms. The lowest BCUT2D eigenvalue weighted by molar-refractivity contribution is 0.0505. The molecule has 2 aromatic heterocycles. The van der Waals surface area contributed by atoms with Gasteiger partial charge in [0, 0.05) is 29.1 Å². The number of fused-ring (bicyclic) bond motifs is 3. The van der Waals surface area contributed by atoms with E-state index in [2.05, 4.69) is 28.7 Å². The number of allylic oxidation sites excluding steroid dienone is 2. The minimum absolute atomic E-state index is 0.114. The van der Waals surface area contributed by atoms with Crippen molar-refractivity contribution in [3.05, 3.63) is 35.2 Å². The highest BCUT2D eigenvalue weighted by Crippen LogP contribution is 2.54. The van der Waals surface area contributed by atoms with Crippen LogP contribution in [-0.2, 0) is 16.6 Å². The summed E-state index contributed by atoms with van der Waals surface area (Å²) < 4.78 is 7.41. The average Bonchev–Trinajstić information content (AvgIpc) is 3.49. The van der Waals surface area contributed by atoms with E-state index < -0.39 is 5.60 Å². The number of hydrogen-bond acceptors (Lipinski definition) is 5. The molecule has 7 nitrogen and oxygen atoms in total. The molecule has 7 heteroatoms. The summed E-state index contributed by atoms with van der Waals surface area (Å²) in [7, 11) is 0. The zero-order chi connectivity index (χ0) is 22.5. The molecule has 0 radical (unpaired) electrons. The van der Waals surface area contributed by atoms with Crippen molar-refractivity contribution in [2.45, 2.75) is 102 Å². The number of rotatable bonds is 3. The lowest BCUT2D eigenvalue weighted by Crippen LogP contribution is -2.38. The third kappa shape index (κ3) is 3.65. The normalized spacial score (nSPS) is 25.6. The van der Waals surface area contributed by atoms with Gasteiger partial charge in [-0.25, -0.2) is 9.78 Å². The van der Waals surface area contributed by atoms with Gasteiger partial charge in [0.15, 0.2) is 5.65 Å². The van der Waals surface area contributed by atoms with Crippen LogP contribution in [-0.4, -0.2) is 38.4 Å². The van der Waals surface area contributed by atoms with Crippen LogP contribution < -0.4 is 10.6 Å². The first-order chi connectivity index (χ1) is 15.3. The highest BCUT2D eigenvalue weighted by Gasteiger charge is 2.47. The van der Waals surface area contributed by atoms with Crippen LogP contribution in [0.2, 0.25) is 0 Å². The molecule has 1 spiro atoms. The van der Waals surface area contributed by atoms with Gasteiger partial charge in [0.25, 0.3) is 0 Å². The maximum absolute atomic E-state index is 12.2. The fourth-order valence-corrected chi connectivity index (χ4v) is 6.02. The quantitative estimate of drug-likeness (QED) is 0.668. The molecule has 2 saturated carbocycles. The van der Waals surface area contributed by atoms with Crippen LogP contribution in [0.1, 0.15) is 83.9 Å². The third-order valence-corrected chi connectivity index (χ3v) is 7.37. The van der Waals surface area contributed by atoms with Crippen LogP contribution in [0.3, 0.4) is 0 Å². The zero-order valence-corrected chi connectivity index (χ0v) is 19.7. The van der Waals surface area contributed by atoms with E-state index >= 15 is 0 Å². The van der Waals surface area contributed by atoms with Crippen molar-refractivity contribution in [1.82, 2.24) is 19.9 Å². The van der Waals surface area contributed by atoms with Crippen LogP contribution in [0.15, 0.2) is 23.9 Å². The number of carbonyl (C=O) groups is 1. The van der Waals surface area contributed by atoms with Crippen molar-refractivity contribution < 1.29 is 9.53 Å². The monoisotopic (exact) mass is 437 g/mol. The van der Waals surface area contributed by atoms with Crippen molar-refractivity contribution in [1.29, 1.82) is 0 Å². The Balaban J connectivity index is 1.39. The number of alkyl carbamates (subject to hydrolysis) is 1. The number of anilines is 1. The van der Waals surface area contributed by atoms with Crippen LogP contribution in [0.5, 0.6) is 0 Å². The van der Waals surface area contributed by atoms with E-state index in [1.807, 2.05) is 37.5 Å². The predicted octanol–water partition coefficient (Wildman–Crippen LogP) is 4.90. The SMILES string of the molecule is CC=C1Cc2c(nc3ccnn3c2N[C@H]2CC[C@H](NC(=O)OC(C)(C)C)C2)C12CCCC2. The zero-order valence-electron chi connectivity index (χ0n) is 19.7. The molecule has 0 unspecified atom stereocenters. The Labute approximate surface area is 190 Å². The van der Waals surface area contributed by atoms with Gasteiger partial charge >= 0.3 is 6.09 Å². The second kappa shape index (κ2) is 7.78. The Kier molecular flexibility index (Phi) is 5.18. The van der Waals surface area contributed by atoms with Gasteiger partial charge in [0.2, 0.25) is 0 Å². The Hall–Kier alpha value is -2.57. The molecule has 172 valence electrons. The van der Waals surface area contributed by atoms with Gasteiger partial charge in [-0.05, 0) is 66.2 Å². The van der Waals surface area contributed by atoms with Crippen molar-refractivity contribution in [2.24, 2.45) is 0 Å². The van der Waals surface area contributed by atoms with E-state index in [4.69, 9.17) is 9.72 Å². The number of nitrogens with zero attached hydrogens (tertiary/aromatic N) is 3. The molecule has 2 atom stereocenters. The second-order valence-corrected chi connectivity index (χ2v) is 10.7. The lowest BCUT2D eigenvalue weighted by atomic mass is 9.79. The number of carbonyl (C=O) groups excluding carboxylic acids is 1. The number of nitrogens with one attached hydrogen (secondary N) is 2. The number of aromatic nitrogens is 3. The first kappa shape index (κ1) is 21.3. The molecule has 2 fully saturated rings. The van der Waals surface area contributed by atoms with Gasteiger partial charge in [-0.15, -0.1) is 0 Å². The van der Waals surface area contributed by atoms with Crippen molar-refractivity contribution in [2.75, 3.05) is 5.32 Å². The molecule has 2 N–H and O–H groups in total. The number of ether oxygens (including phenoxy) is 1. The number of hydrogen-bond donors (Lipinski definition) is 2. The molecule has 5 rings (SSSR count). The van der Waals surface area contributed by atoms with Gasteiger partial charge < -0.3 is 15.4 Å². The molecule has 3 aliphatic carbocycles. The fraction of sp³-hybridized carbons (Fsp3) is 0.640. The smallest absolute Gasteiger partial charge is 0.407 e. The maximum atomic E-state index is 12.2. The van der Waals surface area contributed by atoms with E-state index in [0.717, 1.165) is 37.1 Å². The van der Waals surface area contributed by atoms with E-state index in [1.54, 1.807) is 0 Å². The molecule has 1 amide bonds. The predicted molar refractivity (Wildman–Crippen MR) is 125 cm³/mol. The standard InChI is InChI=1S/C25H35N5O2/c1-5-16-14-19-21(25(16)11-6-7-12-25)29-20-10-13-26-30(20)22(19)27-17-8-9-18(15-17)28-23(31)32-24(2,3)4/h5,10,13,17-18,27H,6-9,11-12,14-15H2,1-4H3,(H,28,31)/t17-,18-/m0/s1. The van der Waals surface area contributed by atoms with Crippen molar-refractivity contribution in [3.8, 4) is 0 Å². The molecular formula is C25H35N5O2. The molecular weight excluding hydrogens is 402 g/mol. The van der Waals surface area contributed by atoms with E-state index in [-0.39, 0.29) is 23.6 Å². The maximum Gasteiger partial charge on any atom is 0.407 e. The summed E-state index contributed by atoms with van der Waals surface area (Å²) in [6.07, 6.45) is 12.5. The molecule has 0 saturated heterocycles. The molecule has 3 aliphatic rings. The summed E-state index contributed by atoms with van der Waals surface area (Å²) in [6, 6.07) is 2.41. The number of amides is 1. The highest BCUT2D eigenvalue weighted by molar-refractivity contribution is 5.68. The van der Waals surface area contributed by atoms with Crippen LogP contribution in [0.4, 0.5) is 10.6 Å². The van der Waals surface area contributed by atoms with Crippen LogP contribution >= 0.6 is 0 Å². The Morgan fingerprint density at radius 3 is 2.72 bits per heavy atom. The van der Waals surface area contributed by atoms with E-state index in [1.165, 1.54) is 42.5 Å². The first-order valence-electron chi connectivity index (χ1n) is 12.1. The summed E-state index contributed by atoms with van der Waals surface area (Å²) in [4.78, 5) is 17.3. The summed E-state index contributed by atoms with van der Waals surface area (Å²) in [5.74, 6) is 1.08. The molecule has 0 aromatic carbocycles. The van der Waals surface area contributed by atoms with Crippen molar-refractivity contribution >= 4 is 17.6 Å². The van der Waals surface area contributed by atoms with Gasteiger partial charge in [-0.2, -0.15) is 9.61 Å². The van der Waals surface area contributed by atoms with Gasteiger partial charge in [-0.1, -0.05) is 24.5 Å². The topological polar surface area (TPSA) is 80.5 Å². The molecule has 0 aliphatic heterocycles. The van der Waals surface area contributed by atoms with Crippen molar-refractivity contribution in [3.63, 3.8) is 0 Å². The minimum atomic E-state index is -0.482. The van der Waals surface area contributed by atoms with Crippen LogP contribution in [0.25, 0.3) is 5.65 Å². The van der Waals surface area contributed by atoms with E-state index in [9.17, 15) is 4.79 Å². The third-order valence-electron chi connectivity index (χ3n) is 7.37. The Morgan fingerprint density at radius 1 is 1.25 bits per heavy atom. The molecule has 2 aromatic rings. The largest absolute Gasteiger partial charge is 0.444 e. The van der Waals surface area contributed by atoms with Gasteiger partial charge in [-0.3, -0.25) is 0 Å². The highest BCUT2D eigenvalue weighted by atomic mass is 16.6. The summed E-state index contributed by atoms with van der Waals surface area (Å²) in [5, 5.41) is 11.5. The summed E-state index contributed by atoms with van der Waals surface area (Å²) in [5.41, 5.74) is 4.63. The Bertz CT molecular complexity index is 1060. The summed E-state index contributed by atoms with van der Waals surface area (Å²) >= 11 is 0. The fourth-order valence-electron chi connectivity index (χ4n) is 6.02. The Morgan fingerprint density at radius 2 is 2.00 bits per heavy atom. The van der Waals surface area contributed by atoms with E-state index in [0.29, 0.717) is 0 Å². The van der Waals surface area contributed by atoms with Gasteiger partial charge in [0.1, 0.15) is 11.4 Å². The average molecular weight is 438 g/mol. The molecule has 2 heterocycles. The first-order valence-corrected chi connectivity index (χ1v) is 12.1. The second-order valence-electron chi connectivity index (χ2n) is 10.7. The van der Waals surface area contributed by atoms with Gasteiger partial charge in [0.05, 0.1) is 11.9 Å².